The third kappa shape index (κ3) is 2.50. The largest absolute Gasteiger partial charge is 0.416 e. The van der Waals surface area contributed by atoms with Gasteiger partial charge >= 0.3 is 6.18 Å². The highest BCUT2D eigenvalue weighted by Crippen LogP contribution is 2.33. The lowest BCUT2D eigenvalue weighted by molar-refractivity contribution is -0.0886. The van der Waals surface area contributed by atoms with Crippen LogP contribution in [-0.4, -0.2) is 6.18 Å². The first-order valence-corrected chi connectivity index (χ1v) is 4.21. The lowest BCUT2D eigenvalue weighted by atomic mass is 10.1. The Morgan fingerprint density at radius 1 is 1.36 bits per heavy atom. The van der Waals surface area contributed by atoms with Crippen molar-refractivity contribution < 1.29 is 13.2 Å². The van der Waals surface area contributed by atoms with E-state index in [1.807, 2.05) is 22.6 Å². The Morgan fingerprint density at radius 2 is 2.00 bits per heavy atom. The molecule has 62 valence electrons. The van der Waals surface area contributed by atoms with Crippen molar-refractivity contribution in [3.05, 3.63) is 21.3 Å². The van der Waals surface area contributed by atoms with Crippen LogP contribution in [0.25, 0.3) is 0 Å². The van der Waals surface area contributed by atoms with Gasteiger partial charge in [0.2, 0.25) is 0 Å². The molecule has 0 aromatic heterocycles. The number of rotatable bonds is 0. The van der Waals surface area contributed by atoms with E-state index < -0.39 is 11.7 Å². The summed E-state index contributed by atoms with van der Waals surface area (Å²) in [6.07, 6.45) is -0.493. The van der Waals surface area contributed by atoms with E-state index >= 15 is 0 Å². The molecule has 0 aliphatic heterocycles. The van der Waals surface area contributed by atoms with Crippen molar-refractivity contribution in [2.24, 2.45) is 0 Å². The molecule has 1 aliphatic carbocycles. The van der Waals surface area contributed by atoms with Gasteiger partial charge in [-0.2, -0.15) is 13.2 Å². The summed E-state index contributed by atoms with van der Waals surface area (Å²) >= 11 is 1.93. The average Bonchev–Trinajstić information content (AvgIpc) is 1.86. The van der Waals surface area contributed by atoms with E-state index in [4.69, 9.17) is 0 Å². The highest BCUT2D eigenvalue weighted by molar-refractivity contribution is 14.1. The molecular formula is C7H6F3I. The van der Waals surface area contributed by atoms with Gasteiger partial charge in [0.1, 0.15) is 0 Å². The van der Waals surface area contributed by atoms with E-state index in [1.165, 1.54) is 12.2 Å². The second kappa shape index (κ2) is 3.16. The smallest absolute Gasteiger partial charge is 0.166 e. The van der Waals surface area contributed by atoms with E-state index in [0.29, 0.717) is 6.42 Å². The Bertz CT molecular complexity index is 212. The Morgan fingerprint density at radius 3 is 2.36 bits per heavy atom. The number of allylic oxidation sites excluding steroid dienone is 4. The zero-order chi connectivity index (χ0) is 8.48. The van der Waals surface area contributed by atoms with Gasteiger partial charge in [0.15, 0.2) is 0 Å². The minimum atomic E-state index is -4.17. The minimum absolute atomic E-state index is 0.504. The predicted octanol–water partition coefficient (Wildman–Crippen LogP) is 3.59. The van der Waals surface area contributed by atoms with Gasteiger partial charge in [-0.05, 0) is 45.1 Å². The van der Waals surface area contributed by atoms with Crippen molar-refractivity contribution in [1.29, 1.82) is 0 Å². The molecule has 0 heterocycles. The number of halogens is 4. The Kier molecular flexibility index (Phi) is 2.61. The molecule has 0 atom stereocenters. The lowest BCUT2D eigenvalue weighted by Crippen LogP contribution is -2.11. The summed E-state index contributed by atoms with van der Waals surface area (Å²) in [4.78, 5) is 0. The van der Waals surface area contributed by atoms with Crippen molar-refractivity contribution in [1.82, 2.24) is 0 Å². The van der Waals surface area contributed by atoms with Gasteiger partial charge < -0.3 is 0 Å². The second-order valence-electron chi connectivity index (χ2n) is 2.29. The van der Waals surface area contributed by atoms with Gasteiger partial charge in [-0.1, -0.05) is 6.08 Å². The maximum Gasteiger partial charge on any atom is 0.416 e. The van der Waals surface area contributed by atoms with Crippen LogP contribution in [0, 0.1) is 0 Å². The minimum Gasteiger partial charge on any atom is -0.166 e. The van der Waals surface area contributed by atoms with Crippen LogP contribution in [0.5, 0.6) is 0 Å². The molecule has 1 rings (SSSR count). The molecular weight excluding hydrogens is 268 g/mol. The molecule has 0 saturated carbocycles. The zero-order valence-electron chi connectivity index (χ0n) is 5.58. The average molecular weight is 274 g/mol. The van der Waals surface area contributed by atoms with E-state index in [0.717, 1.165) is 10.0 Å². The van der Waals surface area contributed by atoms with Gasteiger partial charge in [0.25, 0.3) is 0 Å². The first kappa shape index (κ1) is 9.09. The van der Waals surface area contributed by atoms with Crippen LogP contribution in [-0.2, 0) is 0 Å². The summed E-state index contributed by atoms with van der Waals surface area (Å²) < 4.78 is 36.8. The molecule has 0 radical (unpaired) electrons. The van der Waals surface area contributed by atoms with E-state index in [9.17, 15) is 13.2 Å². The maximum atomic E-state index is 12.0. The molecule has 1 aliphatic rings. The monoisotopic (exact) mass is 274 g/mol. The summed E-state index contributed by atoms with van der Waals surface area (Å²) in [6.45, 7) is 0. The van der Waals surface area contributed by atoms with Crippen LogP contribution in [0.15, 0.2) is 21.3 Å². The molecule has 0 fully saturated rings. The maximum absolute atomic E-state index is 12.0. The SMILES string of the molecule is FC(F)(F)C1=CCCC(I)=C1. The first-order valence-electron chi connectivity index (χ1n) is 3.13. The molecule has 0 amide bonds. The quantitative estimate of drug-likeness (QED) is 0.592. The van der Waals surface area contributed by atoms with Crippen LogP contribution in [0.1, 0.15) is 12.8 Å². The molecule has 4 heteroatoms. The highest BCUT2D eigenvalue weighted by atomic mass is 127. The first-order chi connectivity index (χ1) is 5.00. The number of alkyl halides is 3. The van der Waals surface area contributed by atoms with Gasteiger partial charge in [0, 0.05) is 0 Å². The van der Waals surface area contributed by atoms with Crippen LogP contribution < -0.4 is 0 Å². The van der Waals surface area contributed by atoms with Crippen LogP contribution in [0.4, 0.5) is 13.2 Å². The second-order valence-corrected chi connectivity index (χ2v) is 3.67. The molecule has 0 saturated heterocycles. The third-order valence-corrected chi connectivity index (χ3v) is 2.24. The predicted molar refractivity (Wildman–Crippen MR) is 45.5 cm³/mol. The van der Waals surface area contributed by atoms with Crippen LogP contribution in [0.3, 0.4) is 0 Å². The Balaban J connectivity index is 2.82. The highest BCUT2D eigenvalue weighted by Gasteiger charge is 2.32. The van der Waals surface area contributed by atoms with Crippen molar-refractivity contribution in [2.75, 3.05) is 0 Å². The van der Waals surface area contributed by atoms with Crippen molar-refractivity contribution in [3.63, 3.8) is 0 Å². The Labute approximate surface area is 76.3 Å². The summed E-state index contributed by atoms with van der Waals surface area (Å²) in [5.41, 5.74) is -0.506. The standard InChI is InChI=1S/C7H6F3I/c8-7(9,10)5-2-1-3-6(11)4-5/h2,4H,1,3H2. The lowest BCUT2D eigenvalue weighted by Gasteiger charge is -2.12. The Hall–Kier alpha value is -0.000000000000000111. The molecule has 0 N–H and O–H groups in total. The van der Waals surface area contributed by atoms with Gasteiger partial charge in [-0.25, -0.2) is 0 Å². The van der Waals surface area contributed by atoms with Crippen molar-refractivity contribution >= 4 is 22.6 Å². The molecule has 0 aromatic carbocycles. The van der Waals surface area contributed by atoms with E-state index in [2.05, 4.69) is 0 Å². The summed E-state index contributed by atoms with van der Waals surface area (Å²) in [7, 11) is 0. The van der Waals surface area contributed by atoms with Crippen molar-refractivity contribution in [3.8, 4) is 0 Å². The topological polar surface area (TPSA) is 0 Å². The van der Waals surface area contributed by atoms with Gasteiger partial charge in [-0.15, -0.1) is 0 Å². The van der Waals surface area contributed by atoms with Crippen LogP contribution in [0.2, 0.25) is 0 Å². The fourth-order valence-electron chi connectivity index (χ4n) is 0.863. The summed E-state index contributed by atoms with van der Waals surface area (Å²) in [6, 6.07) is 0. The number of hydrogen-bond acceptors (Lipinski definition) is 0. The van der Waals surface area contributed by atoms with Gasteiger partial charge in [-0.3, -0.25) is 0 Å². The molecule has 0 unspecified atom stereocenters. The van der Waals surface area contributed by atoms with E-state index in [1.54, 1.807) is 0 Å². The van der Waals surface area contributed by atoms with E-state index in [-0.39, 0.29) is 0 Å². The van der Waals surface area contributed by atoms with Crippen LogP contribution >= 0.6 is 22.6 Å². The zero-order valence-corrected chi connectivity index (χ0v) is 7.74. The normalized spacial score (nSPS) is 19.3. The molecule has 0 spiro atoms. The number of hydrogen-bond donors (Lipinski definition) is 0. The van der Waals surface area contributed by atoms with Crippen molar-refractivity contribution in [2.45, 2.75) is 19.0 Å². The third-order valence-electron chi connectivity index (χ3n) is 1.39. The molecule has 0 bridgehead atoms. The fourth-order valence-corrected chi connectivity index (χ4v) is 1.51. The molecule has 0 aromatic rings. The molecule has 11 heavy (non-hydrogen) atoms. The summed E-state index contributed by atoms with van der Waals surface area (Å²) in [5.74, 6) is 0. The fraction of sp³-hybridized carbons (Fsp3) is 0.429. The van der Waals surface area contributed by atoms with Gasteiger partial charge in [0.05, 0.1) is 5.57 Å². The summed E-state index contributed by atoms with van der Waals surface area (Å²) in [5, 5.41) is 0. The molecule has 0 nitrogen and oxygen atoms in total.